The third-order valence-electron chi connectivity index (χ3n) is 2.78. The van der Waals surface area contributed by atoms with E-state index in [1.54, 1.807) is 4.90 Å². The lowest BCUT2D eigenvalue weighted by molar-refractivity contribution is 0.100. The van der Waals surface area contributed by atoms with Crippen LogP contribution in [0.3, 0.4) is 0 Å². The van der Waals surface area contributed by atoms with Gasteiger partial charge in [0.2, 0.25) is 0 Å². The molecule has 0 aromatic rings. The fraction of sp³-hybridized carbons (Fsp3) is 0.900. The molecule has 1 aliphatic rings. The van der Waals surface area contributed by atoms with E-state index in [9.17, 15) is 4.79 Å². The molecule has 0 aromatic carbocycles. The normalized spacial score (nSPS) is 22.8. The predicted molar refractivity (Wildman–Crippen MR) is 55.5 cm³/mol. The van der Waals surface area contributed by atoms with Crippen LogP contribution in [-0.2, 0) is 0 Å². The predicted octanol–water partition coefficient (Wildman–Crippen LogP) is 1.47. The minimum atomic E-state index is -0.756. The first kappa shape index (κ1) is 11.3. The van der Waals surface area contributed by atoms with Crippen LogP contribution >= 0.6 is 0 Å². The van der Waals surface area contributed by atoms with Crippen LogP contribution in [0.15, 0.2) is 0 Å². The molecule has 0 aromatic heterocycles. The molecule has 4 nitrogen and oxygen atoms in total. The molecule has 1 atom stereocenters. The summed E-state index contributed by atoms with van der Waals surface area (Å²) in [6.45, 7) is 1.68. The Morgan fingerprint density at radius 1 is 1.50 bits per heavy atom. The lowest BCUT2D eigenvalue weighted by atomic mass is 10.00. The first-order chi connectivity index (χ1) is 6.61. The Bertz CT molecular complexity index is 195. The van der Waals surface area contributed by atoms with Gasteiger partial charge in [-0.05, 0) is 46.3 Å². The summed E-state index contributed by atoms with van der Waals surface area (Å²) in [5, 5.41) is 8.99. The van der Waals surface area contributed by atoms with Crippen LogP contribution in [0.2, 0.25) is 0 Å². The quantitative estimate of drug-likeness (QED) is 0.750. The van der Waals surface area contributed by atoms with Gasteiger partial charge in [0.15, 0.2) is 0 Å². The first-order valence-corrected chi connectivity index (χ1v) is 5.25. The van der Waals surface area contributed by atoms with Crippen molar-refractivity contribution in [2.75, 3.05) is 27.2 Å². The van der Waals surface area contributed by atoms with Crippen molar-refractivity contribution in [1.82, 2.24) is 9.80 Å². The molecule has 1 saturated heterocycles. The maximum atomic E-state index is 10.9. The molecule has 0 saturated carbocycles. The van der Waals surface area contributed by atoms with E-state index < -0.39 is 6.09 Å². The van der Waals surface area contributed by atoms with Gasteiger partial charge < -0.3 is 14.9 Å². The third kappa shape index (κ3) is 3.18. The third-order valence-corrected chi connectivity index (χ3v) is 2.78. The van der Waals surface area contributed by atoms with Crippen molar-refractivity contribution in [2.45, 2.75) is 31.7 Å². The minimum absolute atomic E-state index is 0.239. The Hall–Kier alpha value is -0.770. The van der Waals surface area contributed by atoms with Crippen molar-refractivity contribution >= 4 is 6.09 Å². The summed E-state index contributed by atoms with van der Waals surface area (Å²) in [7, 11) is 4.04. The fourth-order valence-corrected chi connectivity index (χ4v) is 1.96. The molecule has 1 aliphatic heterocycles. The van der Waals surface area contributed by atoms with Gasteiger partial charge in [0, 0.05) is 12.6 Å². The highest BCUT2D eigenvalue weighted by atomic mass is 16.4. The molecule has 82 valence electrons. The van der Waals surface area contributed by atoms with E-state index in [1.807, 2.05) is 14.1 Å². The Morgan fingerprint density at radius 2 is 2.21 bits per heavy atom. The van der Waals surface area contributed by atoms with Gasteiger partial charge in [-0.25, -0.2) is 4.79 Å². The van der Waals surface area contributed by atoms with Gasteiger partial charge in [-0.2, -0.15) is 0 Å². The Balaban J connectivity index is 2.42. The van der Waals surface area contributed by atoms with Gasteiger partial charge >= 0.3 is 6.09 Å². The van der Waals surface area contributed by atoms with Crippen LogP contribution < -0.4 is 0 Å². The molecule has 1 unspecified atom stereocenters. The number of likely N-dealkylation sites (tertiary alicyclic amines) is 1. The minimum Gasteiger partial charge on any atom is -0.465 e. The number of hydrogen-bond acceptors (Lipinski definition) is 2. The molecule has 0 bridgehead atoms. The lowest BCUT2D eigenvalue weighted by Gasteiger charge is -2.34. The molecule has 4 heteroatoms. The average Bonchev–Trinajstić information content (AvgIpc) is 2.15. The van der Waals surface area contributed by atoms with E-state index in [0.717, 1.165) is 25.8 Å². The molecular weight excluding hydrogens is 180 g/mol. The summed E-state index contributed by atoms with van der Waals surface area (Å²) in [5.41, 5.74) is 0. The Labute approximate surface area is 85.5 Å². The van der Waals surface area contributed by atoms with Gasteiger partial charge in [-0.1, -0.05) is 0 Å². The molecule has 0 aliphatic carbocycles. The van der Waals surface area contributed by atoms with Crippen LogP contribution in [0.4, 0.5) is 4.79 Å². The SMILES string of the molecule is CN(C)CCC1CCCCN1C(=O)O. The maximum absolute atomic E-state index is 10.9. The molecule has 14 heavy (non-hydrogen) atoms. The Kier molecular flexibility index (Phi) is 4.20. The zero-order chi connectivity index (χ0) is 10.6. The van der Waals surface area contributed by atoms with Gasteiger partial charge in [-0.3, -0.25) is 0 Å². The van der Waals surface area contributed by atoms with E-state index in [1.165, 1.54) is 6.42 Å². The standard InChI is InChI=1S/C10H20N2O2/c1-11(2)8-6-9-5-3-4-7-12(9)10(13)14/h9H,3-8H2,1-2H3,(H,13,14). The Morgan fingerprint density at radius 3 is 2.79 bits per heavy atom. The van der Waals surface area contributed by atoms with Crippen LogP contribution in [0.25, 0.3) is 0 Å². The van der Waals surface area contributed by atoms with E-state index in [4.69, 9.17) is 5.11 Å². The molecule has 1 rings (SSSR count). The second kappa shape index (κ2) is 5.20. The molecule has 1 heterocycles. The highest BCUT2D eigenvalue weighted by Gasteiger charge is 2.25. The summed E-state index contributed by atoms with van der Waals surface area (Å²) in [6.07, 6.45) is 3.42. The topological polar surface area (TPSA) is 43.8 Å². The molecule has 0 spiro atoms. The zero-order valence-corrected chi connectivity index (χ0v) is 9.07. The molecule has 1 N–H and O–H groups in total. The van der Waals surface area contributed by atoms with Crippen molar-refractivity contribution in [1.29, 1.82) is 0 Å². The van der Waals surface area contributed by atoms with E-state index in [-0.39, 0.29) is 6.04 Å². The maximum Gasteiger partial charge on any atom is 0.407 e. The highest BCUT2D eigenvalue weighted by molar-refractivity contribution is 5.65. The molecule has 0 radical (unpaired) electrons. The summed E-state index contributed by atoms with van der Waals surface area (Å²) in [6, 6.07) is 0.239. The smallest absolute Gasteiger partial charge is 0.407 e. The van der Waals surface area contributed by atoms with Crippen molar-refractivity contribution in [3.8, 4) is 0 Å². The van der Waals surface area contributed by atoms with Gasteiger partial charge in [0.25, 0.3) is 0 Å². The van der Waals surface area contributed by atoms with E-state index in [0.29, 0.717) is 6.54 Å². The number of carbonyl (C=O) groups is 1. The van der Waals surface area contributed by atoms with Gasteiger partial charge in [0.05, 0.1) is 0 Å². The van der Waals surface area contributed by atoms with Crippen LogP contribution in [0, 0.1) is 0 Å². The largest absolute Gasteiger partial charge is 0.465 e. The van der Waals surface area contributed by atoms with Crippen molar-refractivity contribution < 1.29 is 9.90 Å². The number of rotatable bonds is 3. The average molecular weight is 200 g/mol. The second-order valence-electron chi connectivity index (χ2n) is 4.22. The van der Waals surface area contributed by atoms with E-state index in [2.05, 4.69) is 4.90 Å². The zero-order valence-electron chi connectivity index (χ0n) is 9.07. The van der Waals surface area contributed by atoms with Crippen LogP contribution in [0.1, 0.15) is 25.7 Å². The van der Waals surface area contributed by atoms with Crippen LogP contribution in [-0.4, -0.2) is 54.2 Å². The lowest BCUT2D eigenvalue weighted by Crippen LogP contribution is -2.44. The van der Waals surface area contributed by atoms with Crippen molar-refractivity contribution in [3.05, 3.63) is 0 Å². The van der Waals surface area contributed by atoms with Crippen molar-refractivity contribution in [2.24, 2.45) is 0 Å². The summed E-state index contributed by atoms with van der Waals surface area (Å²) >= 11 is 0. The second-order valence-corrected chi connectivity index (χ2v) is 4.22. The molecular formula is C10H20N2O2. The number of nitrogens with zero attached hydrogens (tertiary/aromatic N) is 2. The number of hydrogen-bond donors (Lipinski definition) is 1. The number of piperidine rings is 1. The van der Waals surface area contributed by atoms with E-state index >= 15 is 0 Å². The molecule has 1 amide bonds. The monoisotopic (exact) mass is 200 g/mol. The summed E-state index contributed by atoms with van der Waals surface area (Å²) in [5.74, 6) is 0. The summed E-state index contributed by atoms with van der Waals surface area (Å²) in [4.78, 5) is 14.6. The van der Waals surface area contributed by atoms with Crippen LogP contribution in [0.5, 0.6) is 0 Å². The fourth-order valence-electron chi connectivity index (χ4n) is 1.96. The first-order valence-electron chi connectivity index (χ1n) is 5.25. The summed E-state index contributed by atoms with van der Waals surface area (Å²) < 4.78 is 0. The number of carboxylic acid groups (broad SMARTS) is 1. The highest BCUT2D eigenvalue weighted by Crippen LogP contribution is 2.19. The van der Waals surface area contributed by atoms with Crippen molar-refractivity contribution in [3.63, 3.8) is 0 Å². The number of amides is 1. The van der Waals surface area contributed by atoms with Gasteiger partial charge in [0.1, 0.15) is 0 Å². The van der Waals surface area contributed by atoms with Gasteiger partial charge in [-0.15, -0.1) is 0 Å². The molecule has 1 fully saturated rings.